The van der Waals surface area contributed by atoms with Crippen molar-refractivity contribution in [3.63, 3.8) is 0 Å². The first kappa shape index (κ1) is 15.5. The summed E-state index contributed by atoms with van der Waals surface area (Å²) in [5.74, 6) is 0.0451. The molecular formula is C16H19Cl2N3O2. The highest BCUT2D eigenvalue weighted by atomic mass is 35.5. The summed E-state index contributed by atoms with van der Waals surface area (Å²) < 4.78 is 5.86. The number of carbonyl (C=O) groups excluding carboxylic acids is 1. The lowest BCUT2D eigenvalue weighted by atomic mass is 9.86. The number of esters is 1. The van der Waals surface area contributed by atoms with E-state index < -0.39 is 10.3 Å². The molecule has 0 bridgehead atoms. The molecule has 1 unspecified atom stereocenters. The molecule has 1 fully saturated rings. The highest BCUT2D eigenvalue weighted by Crippen LogP contribution is 2.47. The molecule has 0 saturated carbocycles. The summed E-state index contributed by atoms with van der Waals surface area (Å²) in [4.78, 5) is 14.7. The van der Waals surface area contributed by atoms with E-state index in [-0.39, 0.29) is 6.04 Å². The molecular weight excluding hydrogens is 337 g/mol. The van der Waals surface area contributed by atoms with E-state index in [2.05, 4.69) is 10.00 Å². The minimum absolute atomic E-state index is 0.310. The predicted octanol–water partition coefficient (Wildman–Crippen LogP) is 2.66. The number of aryl methyl sites for hydroxylation is 1. The molecule has 23 heavy (non-hydrogen) atoms. The van der Waals surface area contributed by atoms with Gasteiger partial charge >= 0.3 is 5.97 Å². The first-order valence-electron chi connectivity index (χ1n) is 8.08. The van der Waals surface area contributed by atoms with Crippen LogP contribution in [0.15, 0.2) is 11.8 Å². The number of aromatic nitrogens is 2. The summed E-state index contributed by atoms with van der Waals surface area (Å²) in [6.07, 6.45) is 6.84. The second-order valence-corrected chi connectivity index (χ2v) is 7.88. The van der Waals surface area contributed by atoms with Crippen LogP contribution in [0.5, 0.6) is 0 Å². The van der Waals surface area contributed by atoms with Crippen molar-refractivity contribution >= 4 is 34.9 Å². The summed E-state index contributed by atoms with van der Waals surface area (Å²) >= 11 is 12.9. The molecule has 124 valence electrons. The van der Waals surface area contributed by atoms with Crippen LogP contribution in [0, 0.1) is 0 Å². The summed E-state index contributed by atoms with van der Waals surface area (Å²) in [7, 11) is 1.91. The normalized spacial score (nSPS) is 27.4. The van der Waals surface area contributed by atoms with E-state index >= 15 is 0 Å². The van der Waals surface area contributed by atoms with Crippen LogP contribution in [0.1, 0.15) is 36.9 Å². The third-order valence-corrected chi connectivity index (χ3v) is 5.85. The first-order chi connectivity index (χ1) is 11.0. The van der Waals surface area contributed by atoms with Gasteiger partial charge in [-0.05, 0) is 44.3 Å². The third kappa shape index (κ3) is 2.32. The minimum atomic E-state index is -1.55. The van der Waals surface area contributed by atoms with Gasteiger partial charge in [-0.1, -0.05) is 29.6 Å². The van der Waals surface area contributed by atoms with Gasteiger partial charge in [0.2, 0.25) is 4.33 Å². The molecule has 4 rings (SSSR count). The van der Waals surface area contributed by atoms with Crippen molar-refractivity contribution in [3.05, 3.63) is 23.0 Å². The average Bonchev–Trinajstić information content (AvgIpc) is 2.91. The van der Waals surface area contributed by atoms with Gasteiger partial charge in [0.05, 0.1) is 17.8 Å². The maximum absolute atomic E-state index is 12.5. The Morgan fingerprint density at radius 3 is 2.74 bits per heavy atom. The largest absolute Gasteiger partial charge is 0.423 e. The molecule has 1 atom stereocenters. The third-order valence-electron chi connectivity index (χ3n) is 5.13. The highest BCUT2D eigenvalue weighted by molar-refractivity contribution is 6.58. The van der Waals surface area contributed by atoms with E-state index in [1.807, 2.05) is 11.7 Å². The van der Waals surface area contributed by atoms with E-state index in [1.54, 1.807) is 6.20 Å². The van der Waals surface area contributed by atoms with Crippen molar-refractivity contribution in [2.45, 2.75) is 42.5 Å². The molecule has 1 saturated heterocycles. The standard InChI is InChI=1S/C16H19Cl2N3O2/c1-20-12-6-5-10-13(11(12)9-19-20)23-15(22)16(17,18)14(10)21-7-3-2-4-8-21/h9,14H,2-8H2,1H3. The van der Waals surface area contributed by atoms with Crippen LogP contribution < -0.4 is 0 Å². The molecule has 1 aliphatic carbocycles. The zero-order valence-corrected chi connectivity index (χ0v) is 14.5. The summed E-state index contributed by atoms with van der Waals surface area (Å²) in [5.41, 5.74) is 3.02. The number of alkyl halides is 2. The molecule has 7 heteroatoms. The molecule has 0 radical (unpaired) electrons. The van der Waals surface area contributed by atoms with Gasteiger partial charge < -0.3 is 4.74 Å². The Kier molecular flexibility index (Phi) is 3.70. The number of carbonyl (C=O) groups is 1. The number of likely N-dealkylation sites (tertiary alicyclic amines) is 1. The number of hydrogen-bond donors (Lipinski definition) is 0. The lowest BCUT2D eigenvalue weighted by Gasteiger charge is -2.44. The van der Waals surface area contributed by atoms with Crippen molar-refractivity contribution in [2.24, 2.45) is 7.05 Å². The number of halogens is 2. The smallest absolute Gasteiger partial charge is 0.350 e. The molecule has 0 N–H and O–H groups in total. The van der Waals surface area contributed by atoms with Crippen LogP contribution in [0.4, 0.5) is 0 Å². The van der Waals surface area contributed by atoms with Gasteiger partial charge in [-0.15, -0.1) is 0 Å². The van der Waals surface area contributed by atoms with Crippen LogP contribution in [-0.4, -0.2) is 44.1 Å². The van der Waals surface area contributed by atoms with Crippen LogP contribution >= 0.6 is 23.2 Å². The van der Waals surface area contributed by atoms with E-state index in [1.165, 1.54) is 6.42 Å². The molecule has 1 aromatic heterocycles. The zero-order chi connectivity index (χ0) is 16.2. The van der Waals surface area contributed by atoms with E-state index in [4.69, 9.17) is 27.9 Å². The number of piperidine rings is 1. The Morgan fingerprint density at radius 1 is 1.26 bits per heavy atom. The van der Waals surface area contributed by atoms with Crippen molar-refractivity contribution in [3.8, 4) is 0 Å². The molecule has 3 aliphatic rings. The van der Waals surface area contributed by atoms with Gasteiger partial charge in [-0.25, -0.2) is 4.79 Å². The van der Waals surface area contributed by atoms with E-state index in [0.717, 1.165) is 55.6 Å². The van der Waals surface area contributed by atoms with Gasteiger partial charge in [0, 0.05) is 12.7 Å². The van der Waals surface area contributed by atoms with Gasteiger partial charge in [-0.2, -0.15) is 5.10 Å². The van der Waals surface area contributed by atoms with Crippen LogP contribution in [-0.2, 0) is 23.0 Å². The monoisotopic (exact) mass is 355 g/mol. The van der Waals surface area contributed by atoms with Crippen LogP contribution in [0.3, 0.4) is 0 Å². The Bertz CT molecular complexity index is 689. The number of fused-ring (bicyclic) bond motifs is 2. The van der Waals surface area contributed by atoms with Crippen LogP contribution in [0.25, 0.3) is 5.76 Å². The van der Waals surface area contributed by atoms with Gasteiger partial charge in [0.15, 0.2) is 0 Å². The quantitative estimate of drug-likeness (QED) is 0.573. The molecule has 0 aromatic carbocycles. The van der Waals surface area contributed by atoms with E-state index in [9.17, 15) is 4.79 Å². The minimum Gasteiger partial charge on any atom is -0.423 e. The average molecular weight is 356 g/mol. The SMILES string of the molecule is Cn1ncc2c1CCC1=C2OC(=O)C(Cl)(Cl)C1N1CCCCC1. The number of ether oxygens (including phenoxy) is 1. The van der Waals surface area contributed by atoms with Gasteiger partial charge in [0.1, 0.15) is 5.76 Å². The van der Waals surface area contributed by atoms with E-state index in [0.29, 0.717) is 5.76 Å². The molecule has 1 aromatic rings. The summed E-state index contributed by atoms with van der Waals surface area (Å²) in [6.45, 7) is 1.83. The topological polar surface area (TPSA) is 47.4 Å². The maximum atomic E-state index is 12.5. The Morgan fingerprint density at radius 2 is 2.00 bits per heavy atom. The summed E-state index contributed by atoms with van der Waals surface area (Å²) in [5, 5.41) is 4.30. The maximum Gasteiger partial charge on any atom is 0.350 e. The molecule has 0 spiro atoms. The molecule has 0 amide bonds. The fraction of sp³-hybridized carbons (Fsp3) is 0.625. The second-order valence-electron chi connectivity index (χ2n) is 6.49. The zero-order valence-electron chi connectivity index (χ0n) is 13.0. The van der Waals surface area contributed by atoms with Crippen molar-refractivity contribution < 1.29 is 9.53 Å². The second kappa shape index (κ2) is 5.50. The lowest BCUT2D eigenvalue weighted by molar-refractivity contribution is -0.140. The van der Waals surface area contributed by atoms with Crippen molar-refractivity contribution in [1.82, 2.24) is 14.7 Å². The highest BCUT2D eigenvalue weighted by Gasteiger charge is 2.54. The fourth-order valence-electron chi connectivity index (χ4n) is 3.99. The van der Waals surface area contributed by atoms with Crippen molar-refractivity contribution in [2.75, 3.05) is 13.1 Å². The van der Waals surface area contributed by atoms with Crippen LogP contribution in [0.2, 0.25) is 0 Å². The molecule has 5 nitrogen and oxygen atoms in total. The Labute approximate surface area is 145 Å². The Hall–Kier alpha value is -1.04. The van der Waals surface area contributed by atoms with Crippen molar-refractivity contribution in [1.29, 1.82) is 0 Å². The van der Waals surface area contributed by atoms with Gasteiger partial charge in [0.25, 0.3) is 0 Å². The Balaban J connectivity index is 1.83. The molecule has 2 aliphatic heterocycles. The number of rotatable bonds is 1. The number of nitrogens with zero attached hydrogens (tertiary/aromatic N) is 3. The number of hydrogen-bond acceptors (Lipinski definition) is 4. The fourth-order valence-corrected chi connectivity index (χ4v) is 4.60. The first-order valence-corrected chi connectivity index (χ1v) is 8.84. The molecule has 3 heterocycles. The summed E-state index contributed by atoms with van der Waals surface area (Å²) in [6, 6.07) is -0.310. The lowest BCUT2D eigenvalue weighted by Crippen LogP contribution is -2.56. The predicted molar refractivity (Wildman–Crippen MR) is 88.2 cm³/mol. The van der Waals surface area contributed by atoms with Gasteiger partial charge in [-0.3, -0.25) is 9.58 Å².